The number of amides is 8. The lowest BCUT2D eigenvalue weighted by atomic mass is 9.84. The Kier molecular flexibility index (Phi) is 23.7. The van der Waals surface area contributed by atoms with E-state index in [0.717, 1.165) is 32.1 Å². The first-order valence-corrected chi connectivity index (χ1v) is 26.0. The van der Waals surface area contributed by atoms with Crippen LogP contribution >= 0.6 is 21.6 Å². The maximum absolute atomic E-state index is 14.3. The molecule has 0 bridgehead atoms. The first kappa shape index (κ1) is 55.8. The molecule has 23 nitrogen and oxygen atoms in total. The van der Waals surface area contributed by atoms with E-state index in [4.69, 9.17) is 34.4 Å². The average Bonchev–Trinajstić information content (AvgIpc) is 3.81. The van der Waals surface area contributed by atoms with Crippen LogP contribution in [-0.2, 0) is 33.6 Å². The zero-order chi connectivity index (χ0) is 50.3. The molecule has 2 heterocycles. The molecule has 4 rings (SSSR count). The van der Waals surface area contributed by atoms with Gasteiger partial charge in [0.25, 0.3) is 5.91 Å². The average molecular weight is 1000 g/mol. The lowest BCUT2D eigenvalue weighted by Crippen LogP contribution is -2.59. The summed E-state index contributed by atoms with van der Waals surface area (Å²) in [6.07, 6.45) is 6.60. The number of likely N-dealkylation sites (tertiary alicyclic amines) is 1. The summed E-state index contributed by atoms with van der Waals surface area (Å²) < 4.78 is 0. The third-order valence-electron chi connectivity index (χ3n) is 12.1. The minimum Gasteiger partial charge on any atom is -0.370 e. The Morgan fingerprint density at radius 3 is 1.88 bits per heavy atom. The maximum atomic E-state index is 14.3. The highest BCUT2D eigenvalue weighted by Gasteiger charge is 2.37. The van der Waals surface area contributed by atoms with Crippen LogP contribution in [0.2, 0.25) is 0 Å². The Balaban J connectivity index is 1.55. The van der Waals surface area contributed by atoms with Crippen molar-refractivity contribution in [1.29, 1.82) is 0 Å². The molecular weight excluding hydrogens is 931 g/mol. The quantitative estimate of drug-likeness (QED) is 0.0205. The number of aliphatic imine (C=N–C) groups is 2. The minimum atomic E-state index is -1.30. The van der Waals surface area contributed by atoms with E-state index in [1.165, 1.54) is 26.5 Å². The van der Waals surface area contributed by atoms with Crippen LogP contribution in [0.5, 0.6) is 0 Å². The second-order valence-electron chi connectivity index (χ2n) is 17.5. The van der Waals surface area contributed by atoms with Gasteiger partial charge in [-0.05, 0) is 69.4 Å². The van der Waals surface area contributed by atoms with Crippen LogP contribution in [0.4, 0.5) is 0 Å². The lowest BCUT2D eigenvalue weighted by Gasteiger charge is -2.31. The van der Waals surface area contributed by atoms with Crippen molar-refractivity contribution in [2.24, 2.45) is 50.3 Å². The van der Waals surface area contributed by atoms with Gasteiger partial charge in [0, 0.05) is 55.7 Å². The third-order valence-corrected chi connectivity index (χ3v) is 14.6. The van der Waals surface area contributed by atoms with Crippen LogP contribution in [0.3, 0.4) is 0 Å². The van der Waals surface area contributed by atoms with Crippen molar-refractivity contribution >= 4 is 80.8 Å². The number of nitrogens with one attached hydrogen (secondary N) is 6. The number of benzene rings is 1. The predicted octanol–water partition coefficient (Wildman–Crippen LogP) is -2.10. The topological polar surface area (TPSA) is 393 Å². The SMILES string of the molecule is NC(=O)CC[C@H](NC(=O)[C@@H](CCCN=C(N)N)NC(=O)[C@@H](CCCN=C(N)N)NC(=O)[C@@H]1CCCN1C(=O)c1ccccc1)C(=O)N[C@H](CN[C@H]1CSSC[C@@H](C(N)=O)NC1=O)CC1CCCCC1. The van der Waals surface area contributed by atoms with E-state index in [1.54, 1.807) is 30.3 Å². The predicted molar refractivity (Wildman–Crippen MR) is 265 cm³/mol. The second kappa shape index (κ2) is 29.3. The Labute approximate surface area is 410 Å². The summed E-state index contributed by atoms with van der Waals surface area (Å²) in [6.45, 7) is 0.723. The van der Waals surface area contributed by atoms with Gasteiger partial charge < -0.3 is 71.2 Å². The maximum Gasteiger partial charge on any atom is 0.254 e. The van der Waals surface area contributed by atoms with Crippen LogP contribution < -0.4 is 66.3 Å². The number of nitrogens with zero attached hydrogens (tertiary/aromatic N) is 3. The van der Waals surface area contributed by atoms with Gasteiger partial charge in [-0.15, -0.1) is 0 Å². The highest BCUT2D eigenvalue weighted by molar-refractivity contribution is 8.76. The van der Waals surface area contributed by atoms with Gasteiger partial charge >= 0.3 is 0 Å². The number of hydrogen-bond donors (Lipinski definition) is 12. The van der Waals surface area contributed by atoms with E-state index >= 15 is 0 Å². The molecule has 2 saturated heterocycles. The van der Waals surface area contributed by atoms with Crippen molar-refractivity contribution in [3.63, 3.8) is 0 Å². The smallest absolute Gasteiger partial charge is 0.254 e. The van der Waals surface area contributed by atoms with Gasteiger partial charge in [-0.25, -0.2) is 0 Å². The summed E-state index contributed by atoms with van der Waals surface area (Å²) in [5.41, 5.74) is 33.6. The van der Waals surface area contributed by atoms with E-state index in [-0.39, 0.29) is 81.9 Å². The van der Waals surface area contributed by atoms with Crippen molar-refractivity contribution < 1.29 is 38.4 Å². The van der Waals surface area contributed by atoms with E-state index in [0.29, 0.717) is 42.9 Å². The molecule has 0 aromatic heterocycles. The summed E-state index contributed by atoms with van der Waals surface area (Å²) in [7, 11) is 2.84. The third kappa shape index (κ3) is 19.6. The summed E-state index contributed by atoms with van der Waals surface area (Å²) in [5, 5.41) is 17.3. The molecule has 0 unspecified atom stereocenters. The molecule has 1 aromatic carbocycles. The summed E-state index contributed by atoms with van der Waals surface area (Å²) >= 11 is 0. The highest BCUT2D eigenvalue weighted by atomic mass is 33.1. The summed E-state index contributed by atoms with van der Waals surface area (Å²) in [4.78, 5) is 117. The molecule has 0 spiro atoms. The number of hydrogen-bond acceptors (Lipinski definition) is 13. The van der Waals surface area contributed by atoms with Crippen molar-refractivity contribution in [3.05, 3.63) is 35.9 Å². The summed E-state index contributed by atoms with van der Waals surface area (Å²) in [5.74, 6) is -4.12. The van der Waals surface area contributed by atoms with E-state index in [1.807, 2.05) is 0 Å². The number of carbonyl (C=O) groups is 8. The zero-order valence-electron chi connectivity index (χ0n) is 39.0. The lowest BCUT2D eigenvalue weighted by molar-refractivity contribution is -0.135. The largest absolute Gasteiger partial charge is 0.370 e. The van der Waals surface area contributed by atoms with E-state index in [2.05, 4.69) is 41.9 Å². The number of primary amides is 2. The molecule has 1 aromatic rings. The molecule has 0 radical (unpaired) electrons. The van der Waals surface area contributed by atoms with Gasteiger partial charge in [0.15, 0.2) is 11.9 Å². The highest BCUT2D eigenvalue weighted by Crippen LogP contribution is 2.28. The summed E-state index contributed by atoms with van der Waals surface area (Å²) in [6, 6.07) is 1.80. The standard InChI is InChI=1S/C44H71N15O8S2/c45-35(60)18-17-31(37(62)54-28(22-26-10-3-1-4-11-26)23-53-33-25-69-68-24-32(36(46)61)58-40(33)65)56-38(63)29(14-7-19-51-43(47)48)55-39(64)30(15-8-20-52-44(49)50)57-41(66)34-16-9-21-59(34)42(67)27-12-5-2-6-13-27/h2,5-6,12-13,26,28-34,53H,1,3-4,7-11,14-25H2,(H2,45,60)(H2,46,61)(H,54,62)(H,55,64)(H,56,63)(H,57,66)(H,58,65)(H4,47,48,51)(H4,49,50,52)/t28-,29+,30+,31-,32-,33-,34-/m0/s1. The Bertz CT molecular complexity index is 1970. The van der Waals surface area contributed by atoms with Gasteiger partial charge in [0.2, 0.25) is 41.4 Å². The number of guanidine groups is 2. The molecule has 382 valence electrons. The molecule has 18 N–H and O–H groups in total. The van der Waals surface area contributed by atoms with Crippen molar-refractivity contribution in [2.45, 2.75) is 132 Å². The van der Waals surface area contributed by atoms with Crippen LogP contribution in [0.25, 0.3) is 0 Å². The van der Waals surface area contributed by atoms with E-state index < -0.39 is 83.6 Å². The molecule has 1 saturated carbocycles. The molecule has 3 fully saturated rings. The fourth-order valence-corrected chi connectivity index (χ4v) is 10.8. The van der Waals surface area contributed by atoms with Crippen molar-refractivity contribution in [3.8, 4) is 0 Å². The Hall–Kier alpha value is -5.82. The fourth-order valence-electron chi connectivity index (χ4n) is 8.47. The first-order chi connectivity index (χ1) is 33.0. The molecule has 7 atom stereocenters. The normalized spacial score (nSPS) is 20.3. The Morgan fingerprint density at radius 2 is 1.29 bits per heavy atom. The van der Waals surface area contributed by atoms with Gasteiger partial charge in [-0.1, -0.05) is 71.9 Å². The zero-order valence-corrected chi connectivity index (χ0v) is 40.7. The first-order valence-electron chi connectivity index (χ1n) is 23.6. The minimum absolute atomic E-state index is 0.0141. The van der Waals surface area contributed by atoms with Gasteiger partial charge in [-0.2, -0.15) is 0 Å². The number of nitrogens with two attached hydrogens (primary N) is 6. The second-order valence-corrected chi connectivity index (χ2v) is 20.1. The van der Waals surface area contributed by atoms with Crippen molar-refractivity contribution in [2.75, 3.05) is 37.7 Å². The molecule has 1 aliphatic carbocycles. The molecule has 8 amide bonds. The molecule has 69 heavy (non-hydrogen) atoms. The fraction of sp³-hybridized carbons (Fsp3) is 0.636. The number of carbonyl (C=O) groups excluding carboxylic acids is 8. The Morgan fingerprint density at radius 1 is 0.710 bits per heavy atom. The molecular formula is C44H71N15O8S2. The molecule has 2 aliphatic heterocycles. The molecule has 3 aliphatic rings. The van der Waals surface area contributed by atoms with Crippen LogP contribution in [0, 0.1) is 5.92 Å². The monoisotopic (exact) mass is 1000 g/mol. The van der Waals surface area contributed by atoms with Crippen LogP contribution in [0.1, 0.15) is 100 Å². The van der Waals surface area contributed by atoms with Crippen molar-refractivity contribution in [1.82, 2.24) is 36.8 Å². The van der Waals surface area contributed by atoms with Crippen LogP contribution in [0.15, 0.2) is 40.3 Å². The van der Waals surface area contributed by atoms with Crippen LogP contribution in [-0.4, -0.2) is 144 Å². The van der Waals surface area contributed by atoms with Gasteiger partial charge in [0.1, 0.15) is 30.2 Å². The van der Waals surface area contributed by atoms with E-state index in [9.17, 15) is 38.4 Å². The molecule has 25 heteroatoms. The van der Waals surface area contributed by atoms with Gasteiger partial charge in [0.05, 0.1) is 6.04 Å². The van der Waals surface area contributed by atoms with Gasteiger partial charge in [-0.3, -0.25) is 48.3 Å². The number of rotatable bonds is 26.